The Hall–Kier alpha value is -3.75. The Kier molecular flexibility index (Phi) is 8.19. The second-order valence-electron chi connectivity index (χ2n) is 11.4. The highest BCUT2D eigenvalue weighted by molar-refractivity contribution is 6.10. The number of benzene rings is 2. The number of para-hydroxylation sites is 1. The van der Waals surface area contributed by atoms with Gasteiger partial charge in [-0.05, 0) is 23.6 Å². The summed E-state index contributed by atoms with van der Waals surface area (Å²) in [5, 5.41) is 4.79. The highest BCUT2D eigenvalue weighted by Gasteiger charge is 2.31. The molecule has 0 radical (unpaired) electrons. The molecule has 5 rings (SSSR count). The maximum absolute atomic E-state index is 13.6. The van der Waals surface area contributed by atoms with Gasteiger partial charge in [0.05, 0.1) is 24.4 Å². The fourth-order valence-electron chi connectivity index (χ4n) is 4.88. The Morgan fingerprint density at radius 2 is 1.77 bits per heavy atom. The van der Waals surface area contributed by atoms with E-state index in [0.717, 1.165) is 27.4 Å². The van der Waals surface area contributed by atoms with Crippen LogP contribution in [0.4, 0.5) is 0 Å². The molecule has 0 saturated carbocycles. The van der Waals surface area contributed by atoms with Crippen LogP contribution in [0.25, 0.3) is 21.8 Å². The fourth-order valence-corrected chi connectivity index (χ4v) is 4.88. The SMILES string of the molecule is CC[C@H](C)[C@H](NC(=O)c1cc2c([nH]c3ccccc32)c(CC2OCC(C)(C)CO2)n1)C(=O)OCc1ccccc1. The van der Waals surface area contributed by atoms with Crippen LogP contribution in [0.2, 0.25) is 0 Å². The van der Waals surface area contributed by atoms with E-state index in [9.17, 15) is 9.59 Å². The minimum atomic E-state index is -0.808. The lowest BCUT2D eigenvalue weighted by atomic mass is 9.95. The van der Waals surface area contributed by atoms with Gasteiger partial charge in [-0.15, -0.1) is 0 Å². The molecular formula is C32H37N3O5. The van der Waals surface area contributed by atoms with Crippen molar-refractivity contribution in [1.82, 2.24) is 15.3 Å². The zero-order chi connectivity index (χ0) is 28.3. The van der Waals surface area contributed by atoms with Crippen LogP contribution in [0, 0.1) is 11.3 Å². The maximum Gasteiger partial charge on any atom is 0.329 e. The highest BCUT2D eigenvalue weighted by Crippen LogP contribution is 2.30. The number of aromatic nitrogens is 2. The zero-order valence-electron chi connectivity index (χ0n) is 23.5. The lowest BCUT2D eigenvalue weighted by Gasteiger charge is -2.34. The molecule has 2 aromatic heterocycles. The van der Waals surface area contributed by atoms with Gasteiger partial charge in [0, 0.05) is 28.1 Å². The van der Waals surface area contributed by atoms with Crippen LogP contribution in [0.5, 0.6) is 0 Å². The Morgan fingerprint density at radius 3 is 2.50 bits per heavy atom. The Balaban J connectivity index is 1.42. The van der Waals surface area contributed by atoms with Crippen molar-refractivity contribution in [2.75, 3.05) is 13.2 Å². The van der Waals surface area contributed by atoms with E-state index in [-0.39, 0.29) is 23.6 Å². The first kappa shape index (κ1) is 27.8. The summed E-state index contributed by atoms with van der Waals surface area (Å²) in [6, 6.07) is 18.4. The van der Waals surface area contributed by atoms with Gasteiger partial charge >= 0.3 is 5.97 Å². The third-order valence-corrected chi connectivity index (χ3v) is 7.46. The molecule has 8 nitrogen and oxygen atoms in total. The topological polar surface area (TPSA) is 103 Å². The van der Waals surface area contributed by atoms with Crippen molar-refractivity contribution in [2.24, 2.45) is 11.3 Å². The van der Waals surface area contributed by atoms with Crippen LogP contribution in [-0.2, 0) is 32.0 Å². The van der Waals surface area contributed by atoms with E-state index in [2.05, 4.69) is 24.1 Å². The lowest BCUT2D eigenvalue weighted by molar-refractivity contribution is -0.220. The smallest absolute Gasteiger partial charge is 0.329 e. The summed E-state index contributed by atoms with van der Waals surface area (Å²) in [5.74, 6) is -1.02. The van der Waals surface area contributed by atoms with Crippen LogP contribution in [-0.4, -0.2) is 47.4 Å². The number of nitrogens with zero attached hydrogens (tertiary/aromatic N) is 1. The molecule has 2 atom stereocenters. The number of fused-ring (bicyclic) bond motifs is 3. The molecule has 0 unspecified atom stereocenters. The Labute approximate surface area is 234 Å². The van der Waals surface area contributed by atoms with Crippen molar-refractivity contribution in [3.8, 4) is 0 Å². The number of amides is 1. The predicted molar refractivity (Wildman–Crippen MR) is 154 cm³/mol. The van der Waals surface area contributed by atoms with Crippen LogP contribution < -0.4 is 5.32 Å². The summed E-state index contributed by atoms with van der Waals surface area (Å²) < 4.78 is 17.6. The summed E-state index contributed by atoms with van der Waals surface area (Å²) in [5.41, 5.74) is 3.53. The van der Waals surface area contributed by atoms with Gasteiger partial charge in [0.1, 0.15) is 18.3 Å². The van der Waals surface area contributed by atoms with Crippen LogP contribution in [0.3, 0.4) is 0 Å². The molecule has 210 valence electrons. The van der Waals surface area contributed by atoms with Crippen LogP contribution in [0.1, 0.15) is 55.9 Å². The quantitative estimate of drug-likeness (QED) is 0.269. The lowest BCUT2D eigenvalue weighted by Crippen LogP contribution is -2.46. The van der Waals surface area contributed by atoms with Gasteiger partial charge in [-0.2, -0.15) is 0 Å². The molecule has 0 bridgehead atoms. The number of rotatable bonds is 9. The number of nitrogens with one attached hydrogen (secondary N) is 2. The molecule has 3 heterocycles. The van der Waals surface area contributed by atoms with Crippen LogP contribution in [0.15, 0.2) is 60.7 Å². The van der Waals surface area contributed by atoms with E-state index in [1.165, 1.54) is 0 Å². The Bertz CT molecular complexity index is 1490. The highest BCUT2D eigenvalue weighted by atomic mass is 16.7. The molecule has 0 aliphatic carbocycles. The maximum atomic E-state index is 13.6. The number of aromatic amines is 1. The largest absolute Gasteiger partial charge is 0.459 e. The predicted octanol–water partition coefficient (Wildman–Crippen LogP) is 5.55. The van der Waals surface area contributed by atoms with Crippen molar-refractivity contribution in [2.45, 2.75) is 59.5 Å². The van der Waals surface area contributed by atoms with Crippen molar-refractivity contribution in [1.29, 1.82) is 0 Å². The summed E-state index contributed by atoms with van der Waals surface area (Å²) in [4.78, 5) is 35.0. The number of esters is 1. The van der Waals surface area contributed by atoms with Crippen LogP contribution >= 0.6 is 0 Å². The van der Waals surface area contributed by atoms with Gasteiger partial charge in [-0.25, -0.2) is 9.78 Å². The third-order valence-electron chi connectivity index (χ3n) is 7.46. The van der Waals surface area contributed by atoms with E-state index < -0.39 is 24.2 Å². The monoisotopic (exact) mass is 543 g/mol. The van der Waals surface area contributed by atoms with Gasteiger partial charge in [0.15, 0.2) is 6.29 Å². The zero-order valence-corrected chi connectivity index (χ0v) is 23.5. The van der Waals surface area contributed by atoms with Crippen molar-refractivity contribution in [3.63, 3.8) is 0 Å². The second kappa shape index (κ2) is 11.8. The molecule has 8 heteroatoms. The molecule has 2 aromatic carbocycles. The van der Waals surface area contributed by atoms with Gasteiger partial charge < -0.3 is 24.5 Å². The van der Waals surface area contributed by atoms with Crippen molar-refractivity contribution < 1.29 is 23.8 Å². The van der Waals surface area contributed by atoms with Gasteiger partial charge in [0.25, 0.3) is 5.91 Å². The van der Waals surface area contributed by atoms with E-state index in [1.54, 1.807) is 6.07 Å². The first-order valence-electron chi connectivity index (χ1n) is 13.9. The fraction of sp³-hybridized carbons (Fsp3) is 0.406. The molecule has 1 fully saturated rings. The molecule has 1 aliphatic rings. The summed E-state index contributed by atoms with van der Waals surface area (Å²) >= 11 is 0. The summed E-state index contributed by atoms with van der Waals surface area (Å²) in [6.07, 6.45) is 0.612. The average Bonchev–Trinajstić information content (AvgIpc) is 3.35. The summed E-state index contributed by atoms with van der Waals surface area (Å²) in [6.45, 7) is 9.40. The number of hydrogen-bond donors (Lipinski definition) is 2. The Morgan fingerprint density at radius 1 is 1.07 bits per heavy atom. The molecule has 4 aromatic rings. The van der Waals surface area contributed by atoms with Crippen molar-refractivity contribution >= 4 is 33.7 Å². The molecule has 1 saturated heterocycles. The molecule has 1 amide bonds. The number of carbonyl (C=O) groups is 2. The average molecular weight is 544 g/mol. The summed E-state index contributed by atoms with van der Waals surface area (Å²) in [7, 11) is 0. The number of hydrogen-bond acceptors (Lipinski definition) is 6. The molecule has 0 spiro atoms. The number of ether oxygens (including phenoxy) is 3. The molecule has 2 N–H and O–H groups in total. The molecular weight excluding hydrogens is 506 g/mol. The first-order valence-corrected chi connectivity index (χ1v) is 13.9. The number of pyridine rings is 1. The molecule has 1 aliphatic heterocycles. The minimum absolute atomic E-state index is 0.0534. The van der Waals surface area contributed by atoms with E-state index in [4.69, 9.17) is 19.2 Å². The van der Waals surface area contributed by atoms with E-state index >= 15 is 0 Å². The molecule has 40 heavy (non-hydrogen) atoms. The standard InChI is InChI=1S/C32H37N3O5/c1-5-20(2)28(31(37)38-17-21-11-7-6-8-12-21)35-30(36)26-15-23-22-13-9-10-14-24(22)34-29(23)25(33-26)16-27-39-18-32(3,4)19-40-27/h6-15,20,27-28,34H,5,16-19H2,1-4H3,(H,35,36)/t20-,28-/m0/s1. The van der Waals surface area contributed by atoms with Gasteiger partial charge in [-0.1, -0.05) is 82.6 Å². The second-order valence-corrected chi connectivity index (χ2v) is 11.4. The minimum Gasteiger partial charge on any atom is -0.459 e. The first-order chi connectivity index (χ1) is 19.2. The van der Waals surface area contributed by atoms with E-state index in [0.29, 0.717) is 31.7 Å². The van der Waals surface area contributed by atoms with Gasteiger partial charge in [-0.3, -0.25) is 4.79 Å². The number of carbonyl (C=O) groups excluding carboxylic acids is 2. The van der Waals surface area contributed by atoms with E-state index in [1.807, 2.05) is 68.4 Å². The third kappa shape index (κ3) is 6.18. The normalized spacial score (nSPS) is 17.0. The van der Waals surface area contributed by atoms with Gasteiger partial charge in [0.2, 0.25) is 0 Å². The number of H-pyrrole nitrogens is 1. The van der Waals surface area contributed by atoms with Crippen molar-refractivity contribution in [3.05, 3.63) is 77.6 Å².